The molecule has 0 bridgehead atoms. The minimum Gasteiger partial charge on any atom is -0.493 e. The van der Waals surface area contributed by atoms with Gasteiger partial charge < -0.3 is 19.4 Å². The van der Waals surface area contributed by atoms with Crippen molar-refractivity contribution < 1.29 is 19.1 Å². The van der Waals surface area contributed by atoms with Crippen LogP contribution in [0.4, 0.5) is 0 Å². The van der Waals surface area contributed by atoms with Gasteiger partial charge in [-0.05, 0) is 29.6 Å². The van der Waals surface area contributed by atoms with Gasteiger partial charge in [-0.15, -0.1) is 21.5 Å². The molecule has 1 aliphatic heterocycles. The number of carbonyl (C=O) groups excluding carboxylic acids is 2. The molecule has 0 radical (unpaired) electrons. The van der Waals surface area contributed by atoms with Crippen LogP contribution < -0.4 is 14.8 Å². The van der Waals surface area contributed by atoms with Crippen LogP contribution in [0.25, 0.3) is 0 Å². The normalized spacial score (nSPS) is 14.6. The number of carbonyl (C=O) groups is 2. The van der Waals surface area contributed by atoms with Crippen LogP contribution >= 0.6 is 23.1 Å². The number of rotatable bonds is 10. The second-order valence-corrected chi connectivity index (χ2v) is 10.8. The summed E-state index contributed by atoms with van der Waals surface area (Å²) in [5.41, 5.74) is 2.24. The maximum absolute atomic E-state index is 13.6. The summed E-state index contributed by atoms with van der Waals surface area (Å²) >= 11 is 2.86. The highest BCUT2D eigenvalue weighted by Crippen LogP contribution is 2.42. The van der Waals surface area contributed by atoms with E-state index in [-0.39, 0.29) is 30.2 Å². The van der Waals surface area contributed by atoms with Crippen molar-refractivity contribution in [3.05, 3.63) is 87.9 Å². The lowest BCUT2D eigenvalue weighted by molar-refractivity contribution is -0.130. The number of hydrogen-bond acceptors (Lipinski definition) is 9. The Kier molecular flexibility index (Phi) is 8.46. The predicted octanol–water partition coefficient (Wildman–Crippen LogP) is 4.29. The predicted molar refractivity (Wildman–Crippen MR) is 154 cm³/mol. The van der Waals surface area contributed by atoms with Crippen LogP contribution in [-0.4, -0.2) is 57.3 Å². The van der Waals surface area contributed by atoms with Gasteiger partial charge >= 0.3 is 0 Å². The van der Waals surface area contributed by atoms with E-state index >= 15 is 0 Å². The van der Waals surface area contributed by atoms with Gasteiger partial charge in [0.25, 0.3) is 11.8 Å². The second kappa shape index (κ2) is 12.3. The van der Waals surface area contributed by atoms with Gasteiger partial charge in [-0.25, -0.2) is 5.01 Å². The number of hydrazone groups is 1. The zero-order valence-corrected chi connectivity index (χ0v) is 23.9. The molecule has 0 saturated heterocycles. The summed E-state index contributed by atoms with van der Waals surface area (Å²) in [4.78, 5) is 27.0. The van der Waals surface area contributed by atoms with Crippen molar-refractivity contribution in [2.45, 2.75) is 24.2 Å². The molecule has 12 heteroatoms. The minimum absolute atomic E-state index is 0.104. The van der Waals surface area contributed by atoms with Gasteiger partial charge in [0.05, 0.1) is 43.1 Å². The highest BCUT2D eigenvalue weighted by atomic mass is 32.2. The van der Waals surface area contributed by atoms with Crippen LogP contribution in [0.5, 0.6) is 11.5 Å². The van der Waals surface area contributed by atoms with Crippen LogP contribution in [0, 0.1) is 0 Å². The van der Waals surface area contributed by atoms with Crippen molar-refractivity contribution in [1.29, 1.82) is 0 Å². The first-order valence-electron chi connectivity index (χ1n) is 12.5. The van der Waals surface area contributed by atoms with Crippen molar-refractivity contribution in [3.63, 3.8) is 0 Å². The van der Waals surface area contributed by atoms with Crippen LogP contribution in [0.3, 0.4) is 0 Å². The Morgan fingerprint density at radius 2 is 1.88 bits per heavy atom. The molecule has 2 aromatic heterocycles. The quantitative estimate of drug-likeness (QED) is 0.280. The molecule has 1 N–H and O–H groups in total. The van der Waals surface area contributed by atoms with Crippen LogP contribution in [0.1, 0.15) is 39.1 Å². The zero-order chi connectivity index (χ0) is 28.1. The first-order chi connectivity index (χ1) is 19.5. The fourth-order valence-electron chi connectivity index (χ4n) is 4.42. The number of aromatic nitrogens is 3. The Bertz CT molecular complexity index is 1520. The number of nitrogens with zero attached hydrogens (tertiary/aromatic N) is 5. The van der Waals surface area contributed by atoms with Gasteiger partial charge in [-0.3, -0.25) is 9.59 Å². The highest BCUT2D eigenvalue weighted by Gasteiger charge is 2.36. The Morgan fingerprint density at radius 1 is 1.05 bits per heavy atom. The summed E-state index contributed by atoms with van der Waals surface area (Å²) in [6.07, 6.45) is 0.551. The van der Waals surface area contributed by atoms with Crippen molar-refractivity contribution in [2.24, 2.45) is 12.1 Å². The molecule has 10 nitrogen and oxygen atoms in total. The van der Waals surface area contributed by atoms with Gasteiger partial charge in [0.2, 0.25) is 0 Å². The summed E-state index contributed by atoms with van der Waals surface area (Å²) in [7, 11) is 4.99. The summed E-state index contributed by atoms with van der Waals surface area (Å²) in [6.45, 7) is 0.212. The number of methoxy groups -OCH3 is 2. The minimum atomic E-state index is -0.349. The molecule has 0 aliphatic carbocycles. The molecule has 4 aromatic rings. The Hall–Kier alpha value is -4.16. The van der Waals surface area contributed by atoms with Gasteiger partial charge in [0, 0.05) is 24.6 Å². The van der Waals surface area contributed by atoms with Crippen LogP contribution in [0.2, 0.25) is 0 Å². The van der Waals surface area contributed by atoms with Crippen molar-refractivity contribution in [1.82, 2.24) is 25.1 Å². The molecule has 0 spiro atoms. The van der Waals surface area contributed by atoms with Gasteiger partial charge in [0.15, 0.2) is 22.5 Å². The lowest BCUT2D eigenvalue weighted by atomic mass is 9.99. The first-order valence-corrected chi connectivity index (χ1v) is 14.3. The number of ether oxygens (including phenoxy) is 2. The summed E-state index contributed by atoms with van der Waals surface area (Å²) in [5.74, 6) is 1.49. The number of benzene rings is 2. The third-order valence-electron chi connectivity index (χ3n) is 6.46. The van der Waals surface area contributed by atoms with Crippen molar-refractivity contribution in [3.8, 4) is 11.5 Å². The van der Waals surface area contributed by atoms with E-state index < -0.39 is 0 Å². The van der Waals surface area contributed by atoms with E-state index in [2.05, 4.69) is 15.5 Å². The fourth-order valence-corrected chi connectivity index (χ4v) is 5.92. The molecule has 2 amide bonds. The molecule has 0 unspecified atom stereocenters. The fraction of sp³-hybridized carbons (Fsp3) is 0.250. The lowest BCUT2D eigenvalue weighted by Crippen LogP contribution is -2.29. The molecular formula is C28H28N6O4S2. The van der Waals surface area contributed by atoms with Crippen LogP contribution in [0.15, 0.2) is 76.3 Å². The Morgan fingerprint density at radius 3 is 2.60 bits per heavy atom. The maximum atomic E-state index is 13.6. The molecule has 206 valence electrons. The van der Waals surface area contributed by atoms with E-state index in [1.807, 2.05) is 61.0 Å². The van der Waals surface area contributed by atoms with Crippen LogP contribution in [-0.2, 0) is 18.4 Å². The molecule has 1 atom stereocenters. The Labute approximate surface area is 240 Å². The monoisotopic (exact) mass is 576 g/mol. The number of para-hydroxylation sites is 1. The molecule has 3 heterocycles. The lowest BCUT2D eigenvalue weighted by Gasteiger charge is -2.24. The molecule has 40 heavy (non-hydrogen) atoms. The number of nitrogens with one attached hydrogen (secondary N) is 1. The molecule has 5 rings (SSSR count). The van der Waals surface area contributed by atoms with Crippen molar-refractivity contribution >= 4 is 40.6 Å². The molecule has 0 fully saturated rings. The second-order valence-electron chi connectivity index (χ2n) is 8.86. The van der Waals surface area contributed by atoms with E-state index in [1.165, 1.54) is 16.8 Å². The van der Waals surface area contributed by atoms with Gasteiger partial charge in [-0.1, -0.05) is 48.2 Å². The van der Waals surface area contributed by atoms with Crippen molar-refractivity contribution in [2.75, 3.05) is 20.0 Å². The number of amides is 2. The van der Waals surface area contributed by atoms with E-state index in [1.54, 1.807) is 42.3 Å². The molecule has 0 saturated carbocycles. The molecule has 2 aromatic carbocycles. The summed E-state index contributed by atoms with van der Waals surface area (Å²) < 4.78 is 13.0. The summed E-state index contributed by atoms with van der Waals surface area (Å²) in [6, 6.07) is 18.2. The van der Waals surface area contributed by atoms with Gasteiger partial charge in [0.1, 0.15) is 0 Å². The smallest absolute Gasteiger partial charge is 0.253 e. The number of thiophene rings is 1. The topological polar surface area (TPSA) is 111 Å². The number of hydrogen-bond donors (Lipinski definition) is 1. The number of thioether (sulfide) groups is 1. The molecular weight excluding hydrogens is 548 g/mol. The zero-order valence-electron chi connectivity index (χ0n) is 22.2. The van der Waals surface area contributed by atoms with E-state index in [0.717, 1.165) is 16.2 Å². The third-order valence-corrected chi connectivity index (χ3v) is 8.38. The average molecular weight is 577 g/mol. The van der Waals surface area contributed by atoms with E-state index in [0.29, 0.717) is 34.5 Å². The van der Waals surface area contributed by atoms with E-state index in [4.69, 9.17) is 14.6 Å². The first kappa shape index (κ1) is 27.4. The molecule has 1 aliphatic rings. The standard InChI is InChI=1S/C28H28N6O4S2/c1-33-24(16-29-27(36)18-9-5-4-6-10-18)30-31-28(33)40-17-25(35)34-21(15-20(32-34)23-13-8-14-39-23)19-11-7-12-22(37-2)26(19)38-3/h4-14,21H,15-17H2,1-3H3,(H,29,36)/t21-/m0/s1. The SMILES string of the molecule is COc1cccc([C@@H]2CC(c3cccs3)=NN2C(=O)CSc2nnc(CNC(=O)c3ccccc3)n2C)c1OC. The maximum Gasteiger partial charge on any atom is 0.253 e. The summed E-state index contributed by atoms with van der Waals surface area (Å²) in [5, 5.41) is 20.1. The van der Waals surface area contributed by atoms with Gasteiger partial charge in [-0.2, -0.15) is 5.10 Å². The van der Waals surface area contributed by atoms with E-state index in [9.17, 15) is 9.59 Å². The highest BCUT2D eigenvalue weighted by molar-refractivity contribution is 7.99. The average Bonchev–Trinajstić information content (AvgIpc) is 3.75. The largest absolute Gasteiger partial charge is 0.493 e. The Balaban J connectivity index is 1.30. The third kappa shape index (κ3) is 5.73.